The van der Waals surface area contributed by atoms with E-state index in [-0.39, 0.29) is 6.04 Å². The Morgan fingerprint density at radius 1 is 1.00 bits per heavy atom. The van der Waals surface area contributed by atoms with Crippen LogP contribution >= 0.6 is 0 Å². The Balaban J connectivity index is 4.12. The van der Waals surface area contributed by atoms with Crippen molar-refractivity contribution in [2.75, 3.05) is 13.1 Å². The third-order valence-electron chi connectivity index (χ3n) is 1.93. The minimum Gasteiger partial charge on any atom is -0.288 e. The smallest absolute Gasteiger partial charge is 0.0949 e. The Labute approximate surface area is 82.5 Å². The summed E-state index contributed by atoms with van der Waals surface area (Å²) in [5, 5.41) is 8.84. The second kappa shape index (κ2) is 5.99. The second-order valence-electron chi connectivity index (χ2n) is 4.55. The largest absolute Gasteiger partial charge is 0.288 e. The molecule has 76 valence electrons. The van der Waals surface area contributed by atoms with E-state index in [1.807, 2.05) is 6.92 Å². The van der Waals surface area contributed by atoms with Crippen LogP contribution < -0.4 is 0 Å². The summed E-state index contributed by atoms with van der Waals surface area (Å²) in [4.78, 5) is 2.26. The molecule has 0 amide bonds. The van der Waals surface area contributed by atoms with Crippen molar-refractivity contribution in [3.8, 4) is 6.07 Å². The van der Waals surface area contributed by atoms with E-state index >= 15 is 0 Å². The molecule has 0 saturated heterocycles. The van der Waals surface area contributed by atoms with Gasteiger partial charge in [-0.2, -0.15) is 5.26 Å². The van der Waals surface area contributed by atoms with Crippen molar-refractivity contribution in [2.45, 2.75) is 40.7 Å². The molecule has 13 heavy (non-hydrogen) atoms. The normalized spacial score (nSPS) is 13.8. The first-order valence-corrected chi connectivity index (χ1v) is 5.11. The van der Waals surface area contributed by atoms with Gasteiger partial charge in [-0.05, 0) is 18.8 Å². The molecule has 0 aliphatic rings. The molecule has 0 fully saturated rings. The molecule has 0 N–H and O–H groups in total. The van der Waals surface area contributed by atoms with Crippen LogP contribution in [-0.4, -0.2) is 24.0 Å². The average Bonchev–Trinajstić information content (AvgIpc) is 2.00. The number of hydrogen-bond donors (Lipinski definition) is 0. The van der Waals surface area contributed by atoms with Crippen molar-refractivity contribution in [3.05, 3.63) is 0 Å². The Bertz CT molecular complexity index is 157. The van der Waals surface area contributed by atoms with E-state index < -0.39 is 0 Å². The zero-order valence-electron chi connectivity index (χ0n) is 9.54. The molecule has 0 aliphatic heterocycles. The van der Waals surface area contributed by atoms with Gasteiger partial charge < -0.3 is 0 Å². The summed E-state index contributed by atoms with van der Waals surface area (Å²) in [6.07, 6.45) is 0. The molecule has 2 nitrogen and oxygen atoms in total. The van der Waals surface area contributed by atoms with Crippen molar-refractivity contribution in [1.29, 1.82) is 5.26 Å². The van der Waals surface area contributed by atoms with Gasteiger partial charge in [0.15, 0.2) is 0 Å². The molecular formula is C11H22N2. The summed E-state index contributed by atoms with van der Waals surface area (Å²) >= 11 is 0. The lowest BCUT2D eigenvalue weighted by molar-refractivity contribution is 0.196. The van der Waals surface area contributed by atoms with E-state index in [0.29, 0.717) is 11.8 Å². The van der Waals surface area contributed by atoms with Gasteiger partial charge >= 0.3 is 0 Å². The lowest BCUT2D eigenvalue weighted by atomic mass is 10.1. The Morgan fingerprint density at radius 2 is 1.38 bits per heavy atom. The van der Waals surface area contributed by atoms with E-state index in [1.54, 1.807) is 0 Å². The molecule has 2 heteroatoms. The highest BCUT2D eigenvalue weighted by Crippen LogP contribution is 2.07. The van der Waals surface area contributed by atoms with Crippen molar-refractivity contribution in [2.24, 2.45) is 11.8 Å². The Hall–Kier alpha value is -0.550. The molecule has 0 aromatic carbocycles. The first kappa shape index (κ1) is 12.4. The summed E-state index contributed by atoms with van der Waals surface area (Å²) < 4.78 is 0. The van der Waals surface area contributed by atoms with Gasteiger partial charge in [-0.15, -0.1) is 0 Å². The molecule has 1 atom stereocenters. The predicted molar refractivity (Wildman–Crippen MR) is 56.3 cm³/mol. The lowest BCUT2D eigenvalue weighted by Gasteiger charge is -2.27. The number of nitrogens with zero attached hydrogens (tertiary/aromatic N) is 2. The number of hydrogen-bond acceptors (Lipinski definition) is 2. The molecule has 0 aliphatic carbocycles. The highest BCUT2D eigenvalue weighted by Gasteiger charge is 2.15. The lowest BCUT2D eigenvalue weighted by Crippen LogP contribution is -2.37. The first-order valence-electron chi connectivity index (χ1n) is 5.11. The first-order chi connectivity index (χ1) is 5.97. The third-order valence-corrected chi connectivity index (χ3v) is 1.93. The summed E-state index contributed by atoms with van der Waals surface area (Å²) in [5.74, 6) is 1.27. The molecule has 1 unspecified atom stereocenters. The predicted octanol–water partition coefficient (Wildman–Crippen LogP) is 2.51. The maximum atomic E-state index is 8.84. The highest BCUT2D eigenvalue weighted by molar-refractivity contribution is 4.88. The molecule has 0 aromatic heterocycles. The van der Waals surface area contributed by atoms with E-state index in [1.165, 1.54) is 0 Å². The van der Waals surface area contributed by atoms with E-state index in [2.05, 4.69) is 38.7 Å². The minimum atomic E-state index is 0.0461. The summed E-state index contributed by atoms with van der Waals surface area (Å²) in [5.41, 5.74) is 0. The Morgan fingerprint density at radius 3 is 1.62 bits per heavy atom. The van der Waals surface area contributed by atoms with Crippen LogP contribution in [0.3, 0.4) is 0 Å². The molecule has 0 heterocycles. The highest BCUT2D eigenvalue weighted by atomic mass is 15.1. The molecular weight excluding hydrogens is 160 g/mol. The zero-order valence-corrected chi connectivity index (χ0v) is 9.54. The van der Waals surface area contributed by atoms with Crippen LogP contribution in [0.1, 0.15) is 34.6 Å². The SMILES string of the molecule is CC(C)CN(CC(C)C)C(C)C#N. The summed E-state index contributed by atoms with van der Waals surface area (Å²) in [7, 11) is 0. The molecule has 0 spiro atoms. The van der Waals surface area contributed by atoms with Gasteiger partial charge in [0.1, 0.15) is 0 Å². The average molecular weight is 182 g/mol. The third kappa shape index (κ3) is 5.65. The van der Waals surface area contributed by atoms with Gasteiger partial charge in [-0.25, -0.2) is 0 Å². The molecule has 0 aromatic rings. The monoisotopic (exact) mass is 182 g/mol. The minimum absolute atomic E-state index is 0.0461. The van der Waals surface area contributed by atoms with Crippen molar-refractivity contribution in [1.82, 2.24) is 4.90 Å². The van der Waals surface area contributed by atoms with Gasteiger partial charge in [0.2, 0.25) is 0 Å². The zero-order chi connectivity index (χ0) is 10.4. The van der Waals surface area contributed by atoms with Gasteiger partial charge in [-0.3, -0.25) is 4.90 Å². The van der Waals surface area contributed by atoms with E-state index in [0.717, 1.165) is 13.1 Å². The van der Waals surface area contributed by atoms with E-state index in [9.17, 15) is 0 Å². The van der Waals surface area contributed by atoms with Crippen molar-refractivity contribution in [3.63, 3.8) is 0 Å². The van der Waals surface area contributed by atoms with Gasteiger partial charge in [0.05, 0.1) is 12.1 Å². The number of rotatable bonds is 5. The van der Waals surface area contributed by atoms with Crippen LogP contribution in [0.15, 0.2) is 0 Å². The Kier molecular flexibility index (Phi) is 5.73. The molecule has 0 rings (SSSR count). The molecule has 0 bridgehead atoms. The number of nitriles is 1. The maximum Gasteiger partial charge on any atom is 0.0949 e. The van der Waals surface area contributed by atoms with Crippen LogP contribution in [-0.2, 0) is 0 Å². The van der Waals surface area contributed by atoms with E-state index in [4.69, 9.17) is 5.26 Å². The summed E-state index contributed by atoms with van der Waals surface area (Å²) in [6.45, 7) is 12.8. The second-order valence-corrected chi connectivity index (χ2v) is 4.55. The fourth-order valence-corrected chi connectivity index (χ4v) is 1.41. The quantitative estimate of drug-likeness (QED) is 0.653. The maximum absolute atomic E-state index is 8.84. The topological polar surface area (TPSA) is 27.0 Å². The molecule has 0 saturated carbocycles. The molecule has 0 radical (unpaired) electrons. The fourth-order valence-electron chi connectivity index (χ4n) is 1.41. The van der Waals surface area contributed by atoms with Gasteiger partial charge in [0, 0.05) is 13.1 Å². The van der Waals surface area contributed by atoms with Crippen LogP contribution in [0.4, 0.5) is 0 Å². The van der Waals surface area contributed by atoms with Crippen LogP contribution in [0.5, 0.6) is 0 Å². The van der Waals surface area contributed by atoms with Crippen LogP contribution in [0.2, 0.25) is 0 Å². The van der Waals surface area contributed by atoms with Crippen molar-refractivity contribution < 1.29 is 0 Å². The summed E-state index contributed by atoms with van der Waals surface area (Å²) in [6, 6.07) is 2.35. The van der Waals surface area contributed by atoms with Crippen LogP contribution in [0, 0.1) is 23.2 Å². The van der Waals surface area contributed by atoms with Gasteiger partial charge in [0.25, 0.3) is 0 Å². The standard InChI is InChI=1S/C11H22N2/c1-9(2)7-13(8-10(3)4)11(5)6-12/h9-11H,7-8H2,1-5H3. The van der Waals surface area contributed by atoms with Gasteiger partial charge in [-0.1, -0.05) is 27.7 Å². The van der Waals surface area contributed by atoms with Crippen LogP contribution in [0.25, 0.3) is 0 Å². The fraction of sp³-hybridized carbons (Fsp3) is 0.909. The van der Waals surface area contributed by atoms with Crippen molar-refractivity contribution >= 4 is 0 Å².